The van der Waals surface area contributed by atoms with Gasteiger partial charge in [-0.2, -0.15) is 10.5 Å². The van der Waals surface area contributed by atoms with Gasteiger partial charge in [0.1, 0.15) is 13.1 Å². The Morgan fingerprint density at radius 2 is 1.81 bits per heavy atom. The topological polar surface area (TPSA) is 50.8 Å². The van der Waals surface area contributed by atoms with Gasteiger partial charge in [0.15, 0.2) is 0 Å². The Bertz CT molecular complexity index is 430. The fourth-order valence-electron chi connectivity index (χ4n) is 1.34. The van der Waals surface area contributed by atoms with Gasteiger partial charge in [-0.05, 0) is 17.7 Å². The number of nitrogens with zero attached hydrogens (tertiary/aromatic N) is 3. The van der Waals surface area contributed by atoms with Crippen molar-refractivity contribution in [1.82, 2.24) is 0 Å². The van der Waals surface area contributed by atoms with Crippen LogP contribution in [0.3, 0.4) is 0 Å². The van der Waals surface area contributed by atoms with Gasteiger partial charge in [0.25, 0.3) is 0 Å². The second-order valence-corrected chi connectivity index (χ2v) is 3.78. The Balaban J connectivity index is 3.12. The van der Waals surface area contributed by atoms with Crippen molar-refractivity contribution in [2.75, 3.05) is 18.0 Å². The van der Waals surface area contributed by atoms with Crippen LogP contribution in [0.1, 0.15) is 5.56 Å². The maximum atomic E-state index is 8.69. The summed E-state index contributed by atoms with van der Waals surface area (Å²) in [6.07, 6.45) is 0. The number of nitriles is 2. The van der Waals surface area contributed by atoms with Crippen molar-refractivity contribution in [3.05, 3.63) is 28.8 Å². The minimum absolute atomic E-state index is 0.137. The van der Waals surface area contributed by atoms with Gasteiger partial charge < -0.3 is 4.90 Å². The first-order chi connectivity index (χ1) is 7.72. The summed E-state index contributed by atoms with van der Waals surface area (Å²) in [7, 11) is 0. The summed E-state index contributed by atoms with van der Waals surface area (Å²) < 4.78 is 0. The van der Waals surface area contributed by atoms with E-state index in [9.17, 15) is 0 Å². The molecule has 0 saturated heterocycles. The number of hydrogen-bond donors (Lipinski definition) is 0. The van der Waals surface area contributed by atoms with Crippen LogP contribution in [0.5, 0.6) is 0 Å². The van der Waals surface area contributed by atoms with Crippen LogP contribution >= 0.6 is 23.2 Å². The highest BCUT2D eigenvalue weighted by Crippen LogP contribution is 2.26. The molecular formula is C11H9Cl2N3. The van der Waals surface area contributed by atoms with Gasteiger partial charge in [0.2, 0.25) is 0 Å². The number of rotatable bonds is 4. The molecule has 82 valence electrons. The summed E-state index contributed by atoms with van der Waals surface area (Å²) in [5, 5.41) is 17.9. The van der Waals surface area contributed by atoms with Crippen molar-refractivity contribution in [3.63, 3.8) is 0 Å². The lowest BCUT2D eigenvalue weighted by molar-refractivity contribution is 0.957. The van der Waals surface area contributed by atoms with Crippen LogP contribution in [0.4, 0.5) is 5.69 Å². The molecule has 0 aliphatic rings. The molecule has 0 N–H and O–H groups in total. The number of halogens is 2. The Morgan fingerprint density at radius 1 is 1.19 bits per heavy atom. The smallest absolute Gasteiger partial charge is 0.106 e. The highest BCUT2D eigenvalue weighted by atomic mass is 35.5. The lowest BCUT2D eigenvalue weighted by Crippen LogP contribution is -2.24. The van der Waals surface area contributed by atoms with Crippen molar-refractivity contribution >= 4 is 28.9 Å². The molecule has 0 amide bonds. The maximum Gasteiger partial charge on any atom is 0.106 e. The molecular weight excluding hydrogens is 245 g/mol. The van der Waals surface area contributed by atoms with Crippen molar-refractivity contribution < 1.29 is 0 Å². The van der Waals surface area contributed by atoms with Gasteiger partial charge in [-0.1, -0.05) is 17.7 Å². The molecule has 0 aliphatic carbocycles. The highest BCUT2D eigenvalue weighted by Gasteiger charge is 2.10. The quantitative estimate of drug-likeness (QED) is 0.613. The van der Waals surface area contributed by atoms with E-state index < -0.39 is 0 Å². The molecule has 0 bridgehead atoms. The number of hydrogen-bond acceptors (Lipinski definition) is 3. The SMILES string of the molecule is N#CCN(CC#N)c1cc(Cl)ccc1CCl. The van der Waals surface area contributed by atoms with E-state index in [1.807, 2.05) is 12.1 Å². The van der Waals surface area contributed by atoms with Crippen LogP contribution in [0.25, 0.3) is 0 Å². The molecule has 3 nitrogen and oxygen atoms in total. The van der Waals surface area contributed by atoms with E-state index in [0.29, 0.717) is 10.9 Å². The fourth-order valence-corrected chi connectivity index (χ4v) is 1.73. The van der Waals surface area contributed by atoms with Gasteiger partial charge in [0.05, 0.1) is 12.1 Å². The van der Waals surface area contributed by atoms with E-state index in [1.165, 1.54) is 0 Å². The van der Waals surface area contributed by atoms with Crippen molar-refractivity contribution in [3.8, 4) is 12.1 Å². The van der Waals surface area contributed by atoms with Crippen LogP contribution in [0.15, 0.2) is 18.2 Å². The second-order valence-electron chi connectivity index (χ2n) is 3.08. The summed E-state index contributed by atoms with van der Waals surface area (Å²) in [5.41, 5.74) is 1.60. The Hall–Kier alpha value is -1.42. The first-order valence-electron chi connectivity index (χ1n) is 4.56. The molecule has 5 heteroatoms. The molecule has 0 unspecified atom stereocenters. The number of anilines is 1. The predicted octanol–water partition coefficient (Wildman–Crippen LogP) is 2.93. The standard InChI is InChI=1S/C11H9Cl2N3/c12-8-9-1-2-10(13)7-11(9)16(5-3-14)6-4-15/h1-2,7H,5-6,8H2. The Kier molecular flexibility index (Phi) is 4.92. The van der Waals surface area contributed by atoms with Gasteiger partial charge in [-0.15, -0.1) is 11.6 Å². The Morgan fingerprint density at radius 3 is 2.31 bits per heavy atom. The Labute approximate surface area is 104 Å². The van der Waals surface area contributed by atoms with E-state index in [4.69, 9.17) is 33.7 Å². The molecule has 0 radical (unpaired) electrons. The first kappa shape index (κ1) is 12.6. The van der Waals surface area contributed by atoms with E-state index in [0.717, 1.165) is 11.3 Å². The summed E-state index contributed by atoms with van der Waals surface area (Å²) in [4.78, 5) is 1.64. The summed E-state index contributed by atoms with van der Waals surface area (Å²) in [5.74, 6) is 0.319. The van der Waals surface area contributed by atoms with Crippen LogP contribution in [0, 0.1) is 22.7 Å². The summed E-state index contributed by atoms with van der Waals surface area (Å²) in [6, 6.07) is 9.27. The molecule has 0 saturated carbocycles. The van der Waals surface area contributed by atoms with E-state index >= 15 is 0 Å². The van der Waals surface area contributed by atoms with E-state index in [2.05, 4.69) is 0 Å². The first-order valence-corrected chi connectivity index (χ1v) is 5.47. The normalized spacial score (nSPS) is 9.25. The van der Waals surface area contributed by atoms with Crippen molar-refractivity contribution in [1.29, 1.82) is 10.5 Å². The maximum absolute atomic E-state index is 8.69. The number of benzene rings is 1. The molecule has 0 heterocycles. The average molecular weight is 254 g/mol. The fraction of sp³-hybridized carbons (Fsp3) is 0.273. The third-order valence-electron chi connectivity index (χ3n) is 2.06. The third kappa shape index (κ3) is 3.03. The molecule has 0 atom stereocenters. The number of alkyl halides is 1. The van der Waals surface area contributed by atoms with Crippen LogP contribution < -0.4 is 4.90 Å². The average Bonchev–Trinajstić information content (AvgIpc) is 2.29. The molecule has 1 aromatic rings. The zero-order chi connectivity index (χ0) is 12.0. The van der Waals surface area contributed by atoms with Gasteiger partial charge >= 0.3 is 0 Å². The van der Waals surface area contributed by atoms with E-state index in [-0.39, 0.29) is 13.1 Å². The molecule has 0 aromatic heterocycles. The summed E-state index contributed by atoms with van der Waals surface area (Å²) >= 11 is 11.7. The molecule has 1 rings (SSSR count). The van der Waals surface area contributed by atoms with Crippen LogP contribution in [0.2, 0.25) is 5.02 Å². The summed E-state index contributed by atoms with van der Waals surface area (Å²) in [6.45, 7) is 0.273. The molecule has 0 spiro atoms. The van der Waals surface area contributed by atoms with E-state index in [1.54, 1.807) is 23.1 Å². The third-order valence-corrected chi connectivity index (χ3v) is 2.58. The largest absolute Gasteiger partial charge is 0.345 e. The van der Waals surface area contributed by atoms with Crippen LogP contribution in [-0.4, -0.2) is 13.1 Å². The molecule has 16 heavy (non-hydrogen) atoms. The lowest BCUT2D eigenvalue weighted by atomic mass is 10.2. The minimum Gasteiger partial charge on any atom is -0.345 e. The van der Waals surface area contributed by atoms with Crippen molar-refractivity contribution in [2.45, 2.75) is 5.88 Å². The predicted molar refractivity (Wildman–Crippen MR) is 64.4 cm³/mol. The van der Waals surface area contributed by atoms with Gasteiger partial charge in [0, 0.05) is 16.6 Å². The van der Waals surface area contributed by atoms with Crippen molar-refractivity contribution in [2.24, 2.45) is 0 Å². The van der Waals surface area contributed by atoms with Gasteiger partial charge in [-0.3, -0.25) is 0 Å². The van der Waals surface area contributed by atoms with Crippen LogP contribution in [-0.2, 0) is 5.88 Å². The second kappa shape index (κ2) is 6.23. The zero-order valence-corrected chi connectivity index (χ0v) is 9.96. The molecule has 0 fully saturated rings. The molecule has 1 aromatic carbocycles. The lowest BCUT2D eigenvalue weighted by Gasteiger charge is -2.21. The van der Waals surface area contributed by atoms with Gasteiger partial charge in [-0.25, -0.2) is 0 Å². The minimum atomic E-state index is 0.137. The molecule has 0 aliphatic heterocycles. The monoisotopic (exact) mass is 253 g/mol. The highest BCUT2D eigenvalue weighted by molar-refractivity contribution is 6.31. The zero-order valence-electron chi connectivity index (χ0n) is 8.45.